The predicted octanol–water partition coefficient (Wildman–Crippen LogP) is 3.16. The molecule has 0 unspecified atom stereocenters. The Hall–Kier alpha value is -1.31. The van der Waals surface area contributed by atoms with Crippen LogP contribution in [-0.2, 0) is 0 Å². The lowest BCUT2D eigenvalue weighted by molar-refractivity contribution is 0.850. The molecule has 0 aromatic carbocycles. The summed E-state index contributed by atoms with van der Waals surface area (Å²) in [5.74, 6) is 0.965. The van der Waals surface area contributed by atoms with Crippen molar-refractivity contribution in [3.63, 3.8) is 0 Å². The van der Waals surface area contributed by atoms with Crippen molar-refractivity contribution in [2.24, 2.45) is 0 Å². The van der Waals surface area contributed by atoms with E-state index >= 15 is 0 Å². The van der Waals surface area contributed by atoms with E-state index in [9.17, 15) is 0 Å². The molecule has 1 aromatic heterocycles. The highest BCUT2D eigenvalue weighted by Gasteiger charge is 1.93. The van der Waals surface area contributed by atoms with Gasteiger partial charge in [0.25, 0.3) is 0 Å². The minimum Gasteiger partial charge on any atom is -0.370 e. The Morgan fingerprint density at radius 3 is 3.00 bits per heavy atom. The van der Waals surface area contributed by atoms with E-state index in [1.54, 1.807) is 0 Å². The van der Waals surface area contributed by atoms with Crippen LogP contribution in [0.4, 0.5) is 5.82 Å². The molecule has 1 N–H and O–H groups in total. The highest BCUT2D eigenvalue weighted by atomic mass is 15.0. The summed E-state index contributed by atoms with van der Waals surface area (Å²) in [6, 6.07) is 4.06. The van der Waals surface area contributed by atoms with Crippen molar-refractivity contribution in [2.45, 2.75) is 26.7 Å². The van der Waals surface area contributed by atoms with Crippen LogP contribution in [0.15, 0.2) is 30.5 Å². The summed E-state index contributed by atoms with van der Waals surface area (Å²) in [6.07, 6.45) is 4.03. The lowest BCUT2D eigenvalue weighted by atomic mass is 10.2. The van der Waals surface area contributed by atoms with Crippen LogP contribution in [0.2, 0.25) is 0 Å². The molecule has 0 fully saturated rings. The molecule has 1 rings (SSSR count). The van der Waals surface area contributed by atoms with E-state index in [1.165, 1.54) is 11.1 Å². The van der Waals surface area contributed by atoms with Crippen molar-refractivity contribution in [3.05, 3.63) is 36.0 Å². The van der Waals surface area contributed by atoms with Crippen LogP contribution in [0.3, 0.4) is 0 Å². The number of rotatable bonds is 5. The molecule has 0 aliphatic heterocycles. The summed E-state index contributed by atoms with van der Waals surface area (Å²) in [4.78, 5) is 4.22. The first-order valence-corrected chi connectivity index (χ1v) is 4.99. The van der Waals surface area contributed by atoms with Crippen molar-refractivity contribution < 1.29 is 0 Å². The summed E-state index contributed by atoms with van der Waals surface area (Å²) in [5.41, 5.74) is 2.48. The van der Waals surface area contributed by atoms with Gasteiger partial charge in [-0.15, -0.1) is 6.58 Å². The summed E-state index contributed by atoms with van der Waals surface area (Å²) in [5, 5.41) is 3.29. The highest BCUT2D eigenvalue weighted by Crippen LogP contribution is 2.06. The summed E-state index contributed by atoms with van der Waals surface area (Å²) in [6.45, 7) is 8.96. The first kappa shape index (κ1) is 10.8. The molecule has 0 saturated heterocycles. The molecular weight excluding hydrogens is 172 g/mol. The minimum atomic E-state index is 0.962. The van der Waals surface area contributed by atoms with Gasteiger partial charge in [0.2, 0.25) is 0 Å². The standard InChI is InChI=1S/C12H18N2/c1-10(2)5-4-7-13-12-9-11(3)6-8-14-12/h6,8-9H,1,4-5,7H2,2-3H3,(H,13,14). The zero-order chi connectivity index (χ0) is 10.4. The number of hydrogen-bond acceptors (Lipinski definition) is 2. The normalized spacial score (nSPS) is 9.86. The van der Waals surface area contributed by atoms with Crippen LogP contribution in [0.25, 0.3) is 0 Å². The van der Waals surface area contributed by atoms with E-state index in [1.807, 2.05) is 12.3 Å². The molecule has 2 nitrogen and oxygen atoms in total. The van der Waals surface area contributed by atoms with Crippen molar-refractivity contribution in [1.29, 1.82) is 0 Å². The largest absolute Gasteiger partial charge is 0.370 e. The fraction of sp³-hybridized carbons (Fsp3) is 0.417. The maximum absolute atomic E-state index is 4.22. The maximum Gasteiger partial charge on any atom is 0.126 e. The molecule has 0 spiro atoms. The molecule has 14 heavy (non-hydrogen) atoms. The highest BCUT2D eigenvalue weighted by molar-refractivity contribution is 5.36. The lowest BCUT2D eigenvalue weighted by Gasteiger charge is -2.05. The van der Waals surface area contributed by atoms with Gasteiger partial charge in [-0.2, -0.15) is 0 Å². The number of pyridine rings is 1. The SMILES string of the molecule is C=C(C)CCCNc1cc(C)ccn1. The smallest absolute Gasteiger partial charge is 0.126 e. The third kappa shape index (κ3) is 4.08. The number of nitrogens with one attached hydrogen (secondary N) is 1. The van der Waals surface area contributed by atoms with Gasteiger partial charge in [0, 0.05) is 12.7 Å². The molecule has 0 amide bonds. The van der Waals surface area contributed by atoms with Crippen LogP contribution in [0.5, 0.6) is 0 Å². The molecule has 0 bridgehead atoms. The average Bonchev–Trinajstić information content (AvgIpc) is 2.12. The summed E-state index contributed by atoms with van der Waals surface area (Å²) >= 11 is 0. The zero-order valence-corrected chi connectivity index (χ0v) is 9.01. The molecule has 2 heteroatoms. The minimum absolute atomic E-state index is 0.962. The van der Waals surface area contributed by atoms with Gasteiger partial charge in [-0.25, -0.2) is 4.98 Å². The Labute approximate surface area is 86.1 Å². The van der Waals surface area contributed by atoms with E-state index < -0.39 is 0 Å². The Balaban J connectivity index is 2.28. The molecule has 0 aliphatic carbocycles. The van der Waals surface area contributed by atoms with Gasteiger partial charge in [-0.3, -0.25) is 0 Å². The van der Waals surface area contributed by atoms with E-state index in [0.717, 1.165) is 25.2 Å². The monoisotopic (exact) mass is 190 g/mol. The molecule has 0 aliphatic rings. The van der Waals surface area contributed by atoms with Crippen molar-refractivity contribution in [1.82, 2.24) is 4.98 Å². The Morgan fingerprint density at radius 2 is 2.36 bits per heavy atom. The van der Waals surface area contributed by atoms with Crippen LogP contribution in [-0.4, -0.2) is 11.5 Å². The number of allylic oxidation sites excluding steroid dienone is 1. The van der Waals surface area contributed by atoms with Gasteiger partial charge >= 0.3 is 0 Å². The second kappa shape index (κ2) is 5.43. The lowest BCUT2D eigenvalue weighted by Crippen LogP contribution is -2.03. The van der Waals surface area contributed by atoms with Crippen molar-refractivity contribution in [3.8, 4) is 0 Å². The molecule has 1 heterocycles. The van der Waals surface area contributed by atoms with E-state index in [0.29, 0.717) is 0 Å². The van der Waals surface area contributed by atoms with Crippen LogP contribution >= 0.6 is 0 Å². The summed E-state index contributed by atoms with van der Waals surface area (Å²) < 4.78 is 0. The predicted molar refractivity (Wildman–Crippen MR) is 61.5 cm³/mol. The molecule has 0 atom stereocenters. The van der Waals surface area contributed by atoms with E-state index in [-0.39, 0.29) is 0 Å². The Morgan fingerprint density at radius 1 is 1.57 bits per heavy atom. The van der Waals surface area contributed by atoms with E-state index in [2.05, 4.69) is 36.8 Å². The van der Waals surface area contributed by atoms with Gasteiger partial charge < -0.3 is 5.32 Å². The topological polar surface area (TPSA) is 24.9 Å². The maximum atomic E-state index is 4.22. The second-order valence-corrected chi connectivity index (χ2v) is 3.71. The number of aryl methyl sites for hydroxylation is 1. The first-order chi connectivity index (χ1) is 6.68. The third-order valence-corrected chi connectivity index (χ3v) is 2.00. The number of hydrogen-bond donors (Lipinski definition) is 1. The fourth-order valence-electron chi connectivity index (χ4n) is 1.24. The van der Waals surface area contributed by atoms with Gasteiger partial charge in [-0.05, 0) is 44.4 Å². The number of aromatic nitrogens is 1. The van der Waals surface area contributed by atoms with Crippen LogP contribution < -0.4 is 5.32 Å². The molecule has 1 aromatic rings. The van der Waals surface area contributed by atoms with Gasteiger partial charge in [0.05, 0.1) is 0 Å². The third-order valence-electron chi connectivity index (χ3n) is 2.00. The number of nitrogens with zero attached hydrogens (tertiary/aromatic N) is 1. The Bertz CT molecular complexity index is 305. The van der Waals surface area contributed by atoms with Crippen molar-refractivity contribution in [2.75, 3.05) is 11.9 Å². The molecule has 76 valence electrons. The Kier molecular flexibility index (Phi) is 4.17. The molecular formula is C12H18N2. The second-order valence-electron chi connectivity index (χ2n) is 3.71. The quantitative estimate of drug-likeness (QED) is 0.570. The first-order valence-electron chi connectivity index (χ1n) is 4.99. The van der Waals surface area contributed by atoms with E-state index in [4.69, 9.17) is 0 Å². The average molecular weight is 190 g/mol. The van der Waals surface area contributed by atoms with Crippen LogP contribution in [0.1, 0.15) is 25.3 Å². The van der Waals surface area contributed by atoms with Crippen molar-refractivity contribution >= 4 is 5.82 Å². The van der Waals surface area contributed by atoms with Gasteiger partial charge in [0.15, 0.2) is 0 Å². The van der Waals surface area contributed by atoms with Crippen LogP contribution in [0, 0.1) is 6.92 Å². The molecule has 0 saturated carbocycles. The van der Waals surface area contributed by atoms with Gasteiger partial charge in [-0.1, -0.05) is 5.57 Å². The fourth-order valence-corrected chi connectivity index (χ4v) is 1.24. The molecule has 0 radical (unpaired) electrons. The zero-order valence-electron chi connectivity index (χ0n) is 9.01. The number of anilines is 1. The summed E-state index contributed by atoms with van der Waals surface area (Å²) in [7, 11) is 0. The van der Waals surface area contributed by atoms with Gasteiger partial charge in [0.1, 0.15) is 5.82 Å².